The summed E-state index contributed by atoms with van der Waals surface area (Å²) in [7, 11) is 0. The second-order valence-corrected chi connectivity index (χ2v) is 8.10. The zero-order chi connectivity index (χ0) is 22.2. The van der Waals surface area contributed by atoms with Gasteiger partial charge in [0.1, 0.15) is 6.20 Å². The average molecular weight is 447 g/mol. The van der Waals surface area contributed by atoms with Gasteiger partial charge in [0, 0.05) is 24.7 Å². The Kier molecular flexibility index (Phi) is 7.82. The van der Waals surface area contributed by atoms with Crippen LogP contribution in [0.15, 0.2) is 30.5 Å². The summed E-state index contributed by atoms with van der Waals surface area (Å²) in [6, 6.07) is 7.43. The first kappa shape index (κ1) is 22.5. The predicted octanol–water partition coefficient (Wildman–Crippen LogP) is 3.35. The molecule has 31 heavy (non-hydrogen) atoms. The van der Waals surface area contributed by atoms with Gasteiger partial charge in [-0.3, -0.25) is 15.5 Å². The largest absolute Gasteiger partial charge is 0.370 e. The number of benzene rings is 1. The maximum absolute atomic E-state index is 11.4. The number of aromatic nitrogens is 2. The number of rotatable bonds is 9. The molecule has 0 bridgehead atoms. The van der Waals surface area contributed by atoms with Gasteiger partial charge < -0.3 is 21.7 Å². The monoisotopic (exact) mass is 446 g/mol. The number of nitrogens with two attached hydrogens (primary N) is 1. The van der Waals surface area contributed by atoms with Crippen LogP contribution in [0.25, 0.3) is 0 Å². The first-order valence-electron chi connectivity index (χ1n) is 10.2. The van der Waals surface area contributed by atoms with Gasteiger partial charge in [0.2, 0.25) is 11.8 Å². The Morgan fingerprint density at radius 1 is 1.19 bits per heavy atom. The fourth-order valence-corrected chi connectivity index (χ4v) is 3.88. The standard InChI is InChI=1S/C20H27ClN8O2/c21-16-4-2-1-3-15(16)11-26-20-27-12-17(29(30)31)18(28-20)24-9-13-5-7-14(8-6-13)10-25-19(22)23/h1-4,12-14H,5-11H2,(H4,22,23,25)(H2,24,26,27,28). The van der Waals surface area contributed by atoms with Gasteiger partial charge in [-0.1, -0.05) is 29.8 Å². The van der Waals surface area contributed by atoms with Gasteiger partial charge in [0.15, 0.2) is 5.96 Å². The highest BCUT2D eigenvalue weighted by Crippen LogP contribution is 2.30. The molecular formula is C20H27ClN8O2. The molecule has 0 atom stereocenters. The van der Waals surface area contributed by atoms with Crippen molar-refractivity contribution in [1.82, 2.24) is 15.3 Å². The van der Waals surface area contributed by atoms with Crippen LogP contribution < -0.4 is 21.7 Å². The third-order valence-electron chi connectivity index (χ3n) is 5.47. The van der Waals surface area contributed by atoms with E-state index < -0.39 is 4.92 Å². The van der Waals surface area contributed by atoms with Crippen molar-refractivity contribution in [3.8, 4) is 0 Å². The first-order chi connectivity index (χ1) is 14.9. The number of anilines is 2. The molecule has 1 aliphatic rings. The van der Waals surface area contributed by atoms with E-state index in [4.69, 9.17) is 22.7 Å². The van der Waals surface area contributed by atoms with Crippen molar-refractivity contribution >= 4 is 35.0 Å². The highest BCUT2D eigenvalue weighted by atomic mass is 35.5. The fraction of sp³-hybridized carbons (Fsp3) is 0.450. The van der Waals surface area contributed by atoms with Crippen molar-refractivity contribution in [3.05, 3.63) is 51.2 Å². The average Bonchev–Trinajstić information content (AvgIpc) is 2.76. The van der Waals surface area contributed by atoms with Crippen LogP contribution >= 0.6 is 11.6 Å². The Hall–Kier alpha value is -3.14. The third-order valence-corrected chi connectivity index (χ3v) is 5.84. The Labute approximate surface area is 185 Å². The summed E-state index contributed by atoms with van der Waals surface area (Å²) in [5, 5.41) is 28.4. The van der Waals surface area contributed by atoms with E-state index in [0.717, 1.165) is 31.2 Å². The number of hydrogen-bond donors (Lipinski definition) is 5. The Bertz CT molecular complexity index is 918. The number of nitrogens with one attached hydrogen (secondary N) is 4. The van der Waals surface area contributed by atoms with Crippen molar-refractivity contribution in [1.29, 1.82) is 5.41 Å². The zero-order valence-electron chi connectivity index (χ0n) is 17.1. The molecule has 1 aromatic carbocycles. The van der Waals surface area contributed by atoms with Crippen LogP contribution in [0.5, 0.6) is 0 Å². The Balaban J connectivity index is 1.57. The van der Waals surface area contributed by atoms with Gasteiger partial charge in [0.05, 0.1) is 4.92 Å². The highest BCUT2D eigenvalue weighted by Gasteiger charge is 2.23. The molecule has 0 amide bonds. The number of nitro groups is 1. The van der Waals surface area contributed by atoms with Crippen molar-refractivity contribution < 1.29 is 4.92 Å². The lowest BCUT2D eigenvalue weighted by molar-refractivity contribution is -0.384. The zero-order valence-corrected chi connectivity index (χ0v) is 17.9. The van der Waals surface area contributed by atoms with Crippen LogP contribution in [0.4, 0.5) is 17.5 Å². The lowest BCUT2D eigenvalue weighted by Crippen LogP contribution is -2.36. The maximum atomic E-state index is 11.4. The summed E-state index contributed by atoms with van der Waals surface area (Å²) in [5.41, 5.74) is 6.08. The summed E-state index contributed by atoms with van der Waals surface area (Å²) in [5.74, 6) is 1.41. The first-order valence-corrected chi connectivity index (χ1v) is 10.6. The van der Waals surface area contributed by atoms with E-state index in [1.807, 2.05) is 18.2 Å². The minimum absolute atomic E-state index is 0.00110. The molecule has 11 heteroatoms. The molecule has 1 heterocycles. The van der Waals surface area contributed by atoms with Crippen LogP contribution in [0, 0.1) is 27.4 Å². The van der Waals surface area contributed by atoms with Gasteiger partial charge >= 0.3 is 5.69 Å². The van der Waals surface area contributed by atoms with Crippen LogP contribution in [0.3, 0.4) is 0 Å². The van der Waals surface area contributed by atoms with Crippen molar-refractivity contribution in [2.24, 2.45) is 17.6 Å². The normalized spacial score (nSPS) is 18.2. The quantitative estimate of drug-likeness (QED) is 0.170. The third kappa shape index (κ3) is 6.68. The Morgan fingerprint density at radius 3 is 2.52 bits per heavy atom. The topological polar surface area (TPSA) is 155 Å². The van der Waals surface area contributed by atoms with Crippen molar-refractivity contribution in [3.63, 3.8) is 0 Å². The van der Waals surface area contributed by atoms with E-state index in [2.05, 4.69) is 25.9 Å². The van der Waals surface area contributed by atoms with Crippen LogP contribution in [-0.4, -0.2) is 33.9 Å². The lowest BCUT2D eigenvalue weighted by atomic mass is 9.82. The minimum atomic E-state index is -0.482. The molecule has 0 aliphatic heterocycles. The van der Waals surface area contributed by atoms with Crippen molar-refractivity contribution in [2.75, 3.05) is 23.7 Å². The molecule has 1 saturated carbocycles. The summed E-state index contributed by atoms with van der Waals surface area (Å²) in [6.07, 6.45) is 5.29. The van der Waals surface area contributed by atoms with Gasteiger partial charge in [-0.05, 0) is 49.1 Å². The number of nitrogens with zero attached hydrogens (tertiary/aromatic N) is 3. The molecular weight excluding hydrogens is 420 g/mol. The molecule has 0 spiro atoms. The Morgan fingerprint density at radius 2 is 1.87 bits per heavy atom. The van der Waals surface area contributed by atoms with Crippen LogP contribution in [0.1, 0.15) is 31.2 Å². The molecule has 1 fully saturated rings. The predicted molar refractivity (Wildman–Crippen MR) is 121 cm³/mol. The number of hydrogen-bond acceptors (Lipinski definition) is 7. The lowest BCUT2D eigenvalue weighted by Gasteiger charge is -2.28. The molecule has 0 radical (unpaired) electrons. The molecule has 0 saturated heterocycles. The van der Waals surface area contributed by atoms with E-state index in [9.17, 15) is 10.1 Å². The molecule has 0 unspecified atom stereocenters. The summed E-state index contributed by atoms with van der Waals surface area (Å²) in [6.45, 7) is 1.73. The van der Waals surface area contributed by atoms with Crippen molar-refractivity contribution in [2.45, 2.75) is 32.2 Å². The minimum Gasteiger partial charge on any atom is -0.370 e. The maximum Gasteiger partial charge on any atom is 0.329 e. The summed E-state index contributed by atoms with van der Waals surface area (Å²) >= 11 is 6.17. The summed E-state index contributed by atoms with van der Waals surface area (Å²) < 4.78 is 0. The van der Waals surface area contributed by atoms with E-state index in [0.29, 0.717) is 42.4 Å². The summed E-state index contributed by atoms with van der Waals surface area (Å²) in [4.78, 5) is 19.3. The fourth-order valence-electron chi connectivity index (χ4n) is 3.68. The van der Waals surface area contributed by atoms with Gasteiger partial charge in [-0.15, -0.1) is 0 Å². The van der Waals surface area contributed by atoms with E-state index in [-0.39, 0.29) is 17.5 Å². The van der Waals surface area contributed by atoms with Gasteiger partial charge in [-0.25, -0.2) is 4.98 Å². The molecule has 6 N–H and O–H groups in total. The molecule has 3 rings (SSSR count). The molecule has 10 nitrogen and oxygen atoms in total. The van der Waals surface area contributed by atoms with Crippen LogP contribution in [0.2, 0.25) is 5.02 Å². The van der Waals surface area contributed by atoms with Gasteiger partial charge in [-0.2, -0.15) is 4.98 Å². The molecule has 1 aliphatic carbocycles. The SMILES string of the molecule is N=C(N)NCC1CCC(CNc2nc(NCc3ccccc3Cl)ncc2[N+](=O)[O-])CC1. The smallest absolute Gasteiger partial charge is 0.329 e. The number of halogens is 1. The molecule has 2 aromatic rings. The second kappa shape index (κ2) is 10.8. The number of guanidine groups is 1. The molecule has 166 valence electrons. The van der Waals surface area contributed by atoms with Crippen LogP contribution in [-0.2, 0) is 6.54 Å². The highest BCUT2D eigenvalue weighted by molar-refractivity contribution is 6.31. The van der Waals surface area contributed by atoms with E-state index >= 15 is 0 Å². The van der Waals surface area contributed by atoms with Gasteiger partial charge in [0.25, 0.3) is 0 Å². The van der Waals surface area contributed by atoms with E-state index in [1.54, 1.807) is 6.07 Å². The molecule has 1 aromatic heterocycles. The second-order valence-electron chi connectivity index (χ2n) is 7.69. The van der Waals surface area contributed by atoms with E-state index in [1.165, 1.54) is 6.20 Å².